The molecule has 2 nitrogen and oxygen atoms in total. The molecule has 82 valence electrons. The average molecular weight is 288 g/mol. The van der Waals surface area contributed by atoms with E-state index in [0.29, 0.717) is 5.92 Å². The van der Waals surface area contributed by atoms with Crippen molar-refractivity contribution in [1.29, 1.82) is 0 Å². The van der Waals surface area contributed by atoms with Crippen molar-refractivity contribution in [3.8, 4) is 0 Å². The molecule has 1 aromatic rings. The van der Waals surface area contributed by atoms with E-state index in [1.165, 1.54) is 6.42 Å². The molecule has 1 unspecified atom stereocenters. The number of hydrogen-bond donors (Lipinski definition) is 0. The molecule has 1 aliphatic heterocycles. The Morgan fingerprint density at radius 3 is 3.07 bits per heavy atom. The van der Waals surface area contributed by atoms with Gasteiger partial charge in [0.15, 0.2) is 0 Å². The first kappa shape index (κ1) is 11.1. The molecule has 0 N–H and O–H groups in total. The summed E-state index contributed by atoms with van der Waals surface area (Å²) in [5.41, 5.74) is 0.820. The van der Waals surface area contributed by atoms with Gasteiger partial charge in [-0.3, -0.25) is 4.79 Å². The third kappa shape index (κ3) is 2.61. The molecule has 2 rings (SSSR count). The molecule has 0 saturated carbocycles. The summed E-state index contributed by atoms with van der Waals surface area (Å²) >= 11 is 4.95. The van der Waals surface area contributed by atoms with Gasteiger partial charge in [-0.1, -0.05) is 6.92 Å². The Morgan fingerprint density at radius 2 is 2.47 bits per heavy atom. The quantitative estimate of drug-likeness (QED) is 0.775. The van der Waals surface area contributed by atoms with Crippen molar-refractivity contribution in [1.82, 2.24) is 4.90 Å². The van der Waals surface area contributed by atoms with Gasteiger partial charge in [0, 0.05) is 18.5 Å². The van der Waals surface area contributed by atoms with Gasteiger partial charge in [-0.15, -0.1) is 11.3 Å². The Labute approximate surface area is 102 Å². The summed E-state index contributed by atoms with van der Waals surface area (Å²) in [7, 11) is 0. The fourth-order valence-corrected chi connectivity index (χ4v) is 3.11. The lowest BCUT2D eigenvalue weighted by Gasteiger charge is -2.30. The van der Waals surface area contributed by atoms with Crippen molar-refractivity contribution in [2.24, 2.45) is 5.92 Å². The number of piperidine rings is 1. The van der Waals surface area contributed by atoms with Crippen LogP contribution in [0, 0.1) is 5.92 Å². The third-order valence-corrected chi connectivity index (χ3v) is 4.26. The number of thiophene rings is 1. The van der Waals surface area contributed by atoms with Crippen LogP contribution in [0.1, 0.15) is 30.1 Å². The van der Waals surface area contributed by atoms with E-state index in [1.54, 1.807) is 11.3 Å². The van der Waals surface area contributed by atoms with E-state index in [-0.39, 0.29) is 5.91 Å². The van der Waals surface area contributed by atoms with Crippen LogP contribution in [0.2, 0.25) is 0 Å². The summed E-state index contributed by atoms with van der Waals surface area (Å²) in [5, 5.41) is 1.92. The molecular weight excluding hydrogens is 274 g/mol. The fourth-order valence-electron chi connectivity index (χ4n) is 1.98. The molecule has 15 heavy (non-hydrogen) atoms. The standard InChI is InChI=1S/C11H14BrNOS/c1-8-3-2-4-13(6-8)11(14)9-5-10(12)15-7-9/h5,7-8H,2-4,6H2,1H3. The van der Waals surface area contributed by atoms with E-state index < -0.39 is 0 Å². The minimum atomic E-state index is 0.184. The van der Waals surface area contributed by atoms with E-state index in [2.05, 4.69) is 22.9 Å². The second-order valence-corrected chi connectivity index (χ2v) is 6.43. The zero-order valence-corrected chi connectivity index (χ0v) is 11.1. The summed E-state index contributed by atoms with van der Waals surface area (Å²) in [5.74, 6) is 0.827. The zero-order chi connectivity index (χ0) is 10.8. The van der Waals surface area contributed by atoms with Gasteiger partial charge in [0.2, 0.25) is 0 Å². The Hall–Kier alpha value is -0.350. The van der Waals surface area contributed by atoms with Crippen LogP contribution in [0.4, 0.5) is 0 Å². The molecular formula is C11H14BrNOS. The van der Waals surface area contributed by atoms with Crippen LogP contribution in [-0.2, 0) is 0 Å². The lowest BCUT2D eigenvalue weighted by Crippen LogP contribution is -2.38. The summed E-state index contributed by atoms with van der Waals surface area (Å²) < 4.78 is 1.02. The van der Waals surface area contributed by atoms with E-state index in [4.69, 9.17) is 0 Å². The first-order valence-corrected chi connectivity index (χ1v) is 6.87. The lowest BCUT2D eigenvalue weighted by atomic mass is 10.00. The van der Waals surface area contributed by atoms with Gasteiger partial charge in [-0.2, -0.15) is 0 Å². The Morgan fingerprint density at radius 1 is 1.67 bits per heavy atom. The molecule has 0 aromatic carbocycles. The van der Waals surface area contributed by atoms with Crippen LogP contribution in [0.15, 0.2) is 15.2 Å². The predicted octanol–water partition coefficient (Wildman–Crippen LogP) is 3.38. The lowest BCUT2D eigenvalue weighted by molar-refractivity contribution is 0.0683. The highest BCUT2D eigenvalue weighted by Crippen LogP contribution is 2.23. The van der Waals surface area contributed by atoms with Crippen molar-refractivity contribution >= 4 is 33.2 Å². The maximum absolute atomic E-state index is 12.1. The molecule has 1 atom stereocenters. The topological polar surface area (TPSA) is 20.3 Å². The van der Waals surface area contributed by atoms with Crippen LogP contribution in [-0.4, -0.2) is 23.9 Å². The van der Waals surface area contributed by atoms with Crippen molar-refractivity contribution in [2.75, 3.05) is 13.1 Å². The average Bonchev–Trinajstić information content (AvgIpc) is 2.64. The van der Waals surface area contributed by atoms with Gasteiger partial charge in [-0.05, 0) is 40.8 Å². The van der Waals surface area contributed by atoms with Crippen molar-refractivity contribution < 1.29 is 4.79 Å². The smallest absolute Gasteiger partial charge is 0.254 e. The molecule has 0 radical (unpaired) electrons. The molecule has 0 spiro atoms. The van der Waals surface area contributed by atoms with Gasteiger partial charge in [0.1, 0.15) is 0 Å². The second-order valence-electron chi connectivity index (χ2n) is 4.14. The fraction of sp³-hybridized carbons (Fsp3) is 0.545. The number of nitrogens with zero attached hydrogens (tertiary/aromatic N) is 1. The normalized spacial score (nSPS) is 21.7. The molecule has 1 aromatic heterocycles. The Balaban J connectivity index is 2.07. The highest BCUT2D eigenvalue weighted by molar-refractivity contribution is 9.11. The number of carbonyl (C=O) groups excluding carboxylic acids is 1. The molecule has 0 bridgehead atoms. The van der Waals surface area contributed by atoms with Crippen molar-refractivity contribution in [3.63, 3.8) is 0 Å². The molecule has 0 aliphatic carbocycles. The van der Waals surface area contributed by atoms with E-state index in [1.807, 2.05) is 16.3 Å². The number of hydrogen-bond acceptors (Lipinski definition) is 2. The van der Waals surface area contributed by atoms with E-state index >= 15 is 0 Å². The van der Waals surface area contributed by atoms with Crippen LogP contribution in [0.25, 0.3) is 0 Å². The number of rotatable bonds is 1. The van der Waals surface area contributed by atoms with Crippen LogP contribution >= 0.6 is 27.3 Å². The van der Waals surface area contributed by atoms with E-state index in [9.17, 15) is 4.79 Å². The van der Waals surface area contributed by atoms with E-state index in [0.717, 1.165) is 28.9 Å². The van der Waals surface area contributed by atoms with Crippen LogP contribution in [0.3, 0.4) is 0 Å². The van der Waals surface area contributed by atoms with Gasteiger partial charge in [0.05, 0.1) is 9.35 Å². The number of amides is 1. The van der Waals surface area contributed by atoms with Crippen LogP contribution < -0.4 is 0 Å². The van der Waals surface area contributed by atoms with Gasteiger partial charge in [0.25, 0.3) is 5.91 Å². The first-order valence-electron chi connectivity index (χ1n) is 5.20. The molecule has 1 amide bonds. The molecule has 1 fully saturated rings. The molecule has 4 heteroatoms. The number of halogens is 1. The monoisotopic (exact) mass is 287 g/mol. The largest absolute Gasteiger partial charge is 0.338 e. The van der Waals surface area contributed by atoms with Gasteiger partial charge >= 0.3 is 0 Å². The minimum absolute atomic E-state index is 0.184. The van der Waals surface area contributed by atoms with Gasteiger partial charge in [-0.25, -0.2) is 0 Å². The maximum Gasteiger partial charge on any atom is 0.254 e. The summed E-state index contributed by atoms with van der Waals surface area (Å²) in [4.78, 5) is 14.0. The highest BCUT2D eigenvalue weighted by atomic mass is 79.9. The molecule has 2 heterocycles. The summed E-state index contributed by atoms with van der Waals surface area (Å²) in [6.45, 7) is 4.03. The second kappa shape index (κ2) is 4.66. The first-order chi connectivity index (χ1) is 7.16. The maximum atomic E-state index is 12.1. The SMILES string of the molecule is CC1CCCN(C(=O)c2csc(Br)c2)C1. The molecule has 1 aliphatic rings. The number of carbonyl (C=O) groups is 1. The summed E-state index contributed by atoms with van der Waals surface area (Å²) in [6.07, 6.45) is 2.38. The molecule has 1 saturated heterocycles. The van der Waals surface area contributed by atoms with Gasteiger partial charge < -0.3 is 4.90 Å². The zero-order valence-electron chi connectivity index (χ0n) is 8.70. The minimum Gasteiger partial charge on any atom is -0.338 e. The van der Waals surface area contributed by atoms with Crippen LogP contribution in [0.5, 0.6) is 0 Å². The predicted molar refractivity (Wildman–Crippen MR) is 66.3 cm³/mol. The Bertz CT molecular complexity index is 363. The Kier molecular flexibility index (Phi) is 3.46. The highest BCUT2D eigenvalue weighted by Gasteiger charge is 2.22. The van der Waals surface area contributed by atoms with Crippen molar-refractivity contribution in [3.05, 3.63) is 20.8 Å². The third-order valence-electron chi connectivity index (χ3n) is 2.76. The van der Waals surface area contributed by atoms with Crippen molar-refractivity contribution in [2.45, 2.75) is 19.8 Å². The summed E-state index contributed by atoms with van der Waals surface area (Å²) in [6, 6.07) is 1.91. The number of likely N-dealkylation sites (tertiary alicyclic amines) is 1.